The number of nitrogens with two attached hydrogens (primary N) is 1. The lowest BCUT2D eigenvalue weighted by Crippen LogP contribution is -2.39. The Hall–Kier alpha value is -2.71. The van der Waals surface area contributed by atoms with Gasteiger partial charge in [-0.3, -0.25) is 14.5 Å². The largest absolute Gasteiger partial charge is 0.324 e. The fourth-order valence-electron chi connectivity index (χ4n) is 3.18. The van der Waals surface area contributed by atoms with Crippen LogP contribution in [0.15, 0.2) is 42.5 Å². The minimum absolute atomic E-state index is 0.143. The van der Waals surface area contributed by atoms with Crippen LogP contribution in [0.4, 0.5) is 0 Å². The Labute approximate surface area is 134 Å². The van der Waals surface area contributed by atoms with Crippen LogP contribution in [0.3, 0.4) is 0 Å². The summed E-state index contributed by atoms with van der Waals surface area (Å²) in [6, 6.07) is 8.84. The molecular weight excluding hydrogens is 290 g/mol. The summed E-state index contributed by atoms with van der Waals surface area (Å²) in [7, 11) is 0. The van der Waals surface area contributed by atoms with Crippen LogP contribution in [0.25, 0.3) is 6.08 Å². The van der Waals surface area contributed by atoms with Gasteiger partial charge in [0.2, 0.25) is 11.8 Å². The first kappa shape index (κ1) is 15.2. The molecule has 0 radical (unpaired) electrons. The maximum absolute atomic E-state index is 12.4. The first-order chi connectivity index (χ1) is 11.1. The van der Waals surface area contributed by atoms with E-state index >= 15 is 0 Å². The van der Waals surface area contributed by atoms with Gasteiger partial charge in [0.25, 0.3) is 0 Å². The number of benzene rings is 1. The number of hydrogen-bond acceptors (Lipinski definition) is 4. The van der Waals surface area contributed by atoms with E-state index in [2.05, 4.69) is 6.07 Å². The van der Waals surface area contributed by atoms with Crippen molar-refractivity contribution < 1.29 is 9.59 Å². The van der Waals surface area contributed by atoms with Gasteiger partial charge >= 0.3 is 0 Å². The second-order valence-corrected chi connectivity index (χ2v) is 5.80. The molecule has 0 saturated carbocycles. The lowest BCUT2D eigenvalue weighted by molar-refractivity contribution is -0.139. The highest BCUT2D eigenvalue weighted by Gasteiger charge is 2.49. The second kappa shape index (κ2) is 6.19. The molecule has 3 rings (SSSR count). The third kappa shape index (κ3) is 2.81. The Bertz CT molecular complexity index is 745. The molecular formula is C18H17N3O2. The Morgan fingerprint density at radius 1 is 1.35 bits per heavy atom. The number of fused-ring (bicyclic) bond motifs is 1. The van der Waals surface area contributed by atoms with Gasteiger partial charge in [-0.25, -0.2) is 0 Å². The number of amides is 2. The molecule has 1 saturated heterocycles. The average molecular weight is 307 g/mol. The van der Waals surface area contributed by atoms with Crippen molar-refractivity contribution in [3.8, 4) is 6.07 Å². The van der Waals surface area contributed by atoms with Crippen LogP contribution in [0.5, 0.6) is 0 Å². The van der Waals surface area contributed by atoms with Gasteiger partial charge in [0.1, 0.15) is 0 Å². The fraction of sp³-hybridized carbons (Fsp3) is 0.278. The molecule has 3 unspecified atom stereocenters. The van der Waals surface area contributed by atoms with Crippen molar-refractivity contribution >= 4 is 17.9 Å². The van der Waals surface area contributed by atoms with Gasteiger partial charge in [0, 0.05) is 12.6 Å². The number of nitrogens with zero attached hydrogens (tertiary/aromatic N) is 2. The highest BCUT2D eigenvalue weighted by molar-refractivity contribution is 6.06. The molecule has 0 bridgehead atoms. The quantitative estimate of drug-likeness (QED) is 0.676. The molecule has 1 aliphatic heterocycles. The predicted octanol–water partition coefficient (Wildman–Crippen LogP) is 1.46. The van der Waals surface area contributed by atoms with Gasteiger partial charge in [-0.15, -0.1) is 0 Å². The van der Waals surface area contributed by atoms with Crippen LogP contribution in [-0.2, 0) is 9.59 Å². The lowest BCUT2D eigenvalue weighted by Gasteiger charge is -2.22. The summed E-state index contributed by atoms with van der Waals surface area (Å²) >= 11 is 0. The number of likely N-dealkylation sites (tertiary alicyclic amines) is 1. The van der Waals surface area contributed by atoms with Gasteiger partial charge < -0.3 is 5.73 Å². The lowest BCUT2D eigenvalue weighted by atomic mass is 9.82. The van der Waals surface area contributed by atoms with Crippen molar-refractivity contribution in [1.82, 2.24) is 4.90 Å². The molecule has 5 nitrogen and oxygen atoms in total. The van der Waals surface area contributed by atoms with E-state index in [9.17, 15) is 9.59 Å². The monoisotopic (exact) mass is 307 g/mol. The van der Waals surface area contributed by atoms with Crippen molar-refractivity contribution in [2.45, 2.75) is 12.5 Å². The molecule has 23 heavy (non-hydrogen) atoms. The molecule has 116 valence electrons. The van der Waals surface area contributed by atoms with Crippen LogP contribution < -0.4 is 5.73 Å². The van der Waals surface area contributed by atoms with Crippen LogP contribution in [0, 0.1) is 23.2 Å². The zero-order valence-corrected chi connectivity index (χ0v) is 12.6. The molecule has 2 aliphatic rings. The normalized spacial score (nSPS) is 26.6. The maximum Gasteiger partial charge on any atom is 0.235 e. The summed E-state index contributed by atoms with van der Waals surface area (Å²) in [6.45, 7) is 0.230. The molecule has 2 N–H and O–H groups in total. The minimum Gasteiger partial charge on any atom is -0.324 e. The van der Waals surface area contributed by atoms with Crippen molar-refractivity contribution in [2.75, 3.05) is 6.54 Å². The van der Waals surface area contributed by atoms with E-state index in [-0.39, 0.29) is 30.3 Å². The number of hydrogen-bond donors (Lipinski definition) is 1. The standard InChI is InChI=1S/C18H17N3O2/c19-11-13-5-1-4-12(10-13)6-3-9-21-17(22)14-7-2-8-15(20)16(14)18(21)23/h1-6,8,10,14-16H,7,9,20H2. The molecule has 1 aromatic rings. The SMILES string of the molecule is N#Cc1cccc(C=CCN2C(=O)C3CC=CC(N)C3C2=O)c1. The number of imide groups is 1. The number of carbonyl (C=O) groups is 2. The minimum atomic E-state index is -0.428. The Morgan fingerprint density at radius 2 is 2.17 bits per heavy atom. The number of allylic oxidation sites excluding steroid dienone is 1. The third-order valence-corrected chi connectivity index (χ3v) is 4.34. The van der Waals surface area contributed by atoms with E-state index in [1.165, 1.54) is 4.90 Å². The summed E-state index contributed by atoms with van der Waals surface area (Å²) in [6.07, 6.45) is 7.83. The van der Waals surface area contributed by atoms with Crippen molar-refractivity contribution in [3.05, 3.63) is 53.6 Å². The first-order valence-corrected chi connectivity index (χ1v) is 7.56. The van der Waals surface area contributed by atoms with Crippen LogP contribution in [0.1, 0.15) is 17.5 Å². The van der Waals surface area contributed by atoms with E-state index < -0.39 is 5.92 Å². The van der Waals surface area contributed by atoms with E-state index in [1.807, 2.05) is 18.2 Å². The molecule has 5 heteroatoms. The Morgan fingerprint density at radius 3 is 2.91 bits per heavy atom. The number of nitriles is 1. The van der Waals surface area contributed by atoms with Gasteiger partial charge in [-0.2, -0.15) is 5.26 Å². The van der Waals surface area contributed by atoms with E-state index in [4.69, 9.17) is 11.0 Å². The molecule has 1 aliphatic carbocycles. The molecule has 2 amide bonds. The van der Waals surface area contributed by atoms with Crippen LogP contribution in [0.2, 0.25) is 0 Å². The molecule has 1 fully saturated rings. The summed E-state index contributed by atoms with van der Waals surface area (Å²) in [5.41, 5.74) is 7.38. The Kier molecular flexibility index (Phi) is 4.09. The van der Waals surface area contributed by atoms with Crippen LogP contribution >= 0.6 is 0 Å². The second-order valence-electron chi connectivity index (χ2n) is 5.80. The zero-order valence-electron chi connectivity index (χ0n) is 12.6. The molecule has 1 aromatic carbocycles. The van der Waals surface area contributed by atoms with Gasteiger partial charge in [0.05, 0.1) is 23.5 Å². The average Bonchev–Trinajstić information content (AvgIpc) is 2.81. The van der Waals surface area contributed by atoms with Gasteiger partial charge in [-0.1, -0.05) is 36.4 Å². The summed E-state index contributed by atoms with van der Waals surface area (Å²) in [5.74, 6) is -1.08. The smallest absolute Gasteiger partial charge is 0.235 e. The first-order valence-electron chi connectivity index (χ1n) is 7.56. The van der Waals surface area contributed by atoms with E-state index in [0.29, 0.717) is 12.0 Å². The van der Waals surface area contributed by atoms with Crippen molar-refractivity contribution in [2.24, 2.45) is 17.6 Å². The topological polar surface area (TPSA) is 87.2 Å². The predicted molar refractivity (Wildman–Crippen MR) is 85.6 cm³/mol. The van der Waals surface area contributed by atoms with E-state index in [0.717, 1.165) is 5.56 Å². The highest BCUT2D eigenvalue weighted by atomic mass is 16.2. The molecule has 0 aromatic heterocycles. The highest BCUT2D eigenvalue weighted by Crippen LogP contribution is 2.34. The van der Waals surface area contributed by atoms with Crippen LogP contribution in [-0.4, -0.2) is 29.3 Å². The fourth-order valence-corrected chi connectivity index (χ4v) is 3.18. The Balaban J connectivity index is 1.71. The van der Waals surface area contributed by atoms with Crippen molar-refractivity contribution in [3.63, 3.8) is 0 Å². The molecule has 3 atom stereocenters. The van der Waals surface area contributed by atoms with E-state index in [1.54, 1.807) is 30.4 Å². The third-order valence-electron chi connectivity index (χ3n) is 4.34. The maximum atomic E-state index is 12.4. The molecule has 0 spiro atoms. The van der Waals surface area contributed by atoms with Crippen molar-refractivity contribution in [1.29, 1.82) is 5.26 Å². The number of carbonyl (C=O) groups excluding carboxylic acids is 2. The number of rotatable bonds is 3. The van der Waals surface area contributed by atoms with Gasteiger partial charge in [-0.05, 0) is 24.1 Å². The summed E-state index contributed by atoms with van der Waals surface area (Å²) in [4.78, 5) is 26.1. The summed E-state index contributed by atoms with van der Waals surface area (Å²) < 4.78 is 0. The molecule has 1 heterocycles. The zero-order chi connectivity index (χ0) is 16.4. The van der Waals surface area contributed by atoms with Gasteiger partial charge in [0.15, 0.2) is 0 Å². The summed E-state index contributed by atoms with van der Waals surface area (Å²) in [5, 5.41) is 8.88.